The summed E-state index contributed by atoms with van der Waals surface area (Å²) in [7, 11) is 0. The monoisotopic (exact) mass is 402 g/mol. The van der Waals surface area contributed by atoms with Crippen LogP contribution < -0.4 is 4.90 Å². The highest BCUT2D eigenvalue weighted by atomic mass is 16.5. The number of aromatic nitrogens is 2. The molecule has 2 aliphatic heterocycles. The zero-order chi connectivity index (χ0) is 20.5. The Morgan fingerprint density at radius 3 is 2.83 bits per heavy atom. The molecule has 30 heavy (non-hydrogen) atoms. The summed E-state index contributed by atoms with van der Waals surface area (Å²) in [5, 5.41) is 1.16. The van der Waals surface area contributed by atoms with E-state index in [1.807, 2.05) is 12.3 Å². The maximum Gasteiger partial charge on any atom is 0.141 e. The molecule has 4 heterocycles. The minimum atomic E-state index is -0.255. The molecule has 154 valence electrons. The van der Waals surface area contributed by atoms with E-state index in [2.05, 4.69) is 52.0 Å². The lowest BCUT2D eigenvalue weighted by atomic mass is 10.1. The number of nitrogens with zero attached hydrogens (tertiary/aromatic N) is 4. The largest absolute Gasteiger partial charge is 0.378 e. The number of hydrogen-bond acceptors (Lipinski definition) is 6. The van der Waals surface area contributed by atoms with Gasteiger partial charge in [0.05, 0.1) is 30.5 Å². The van der Waals surface area contributed by atoms with E-state index in [0.29, 0.717) is 6.54 Å². The van der Waals surface area contributed by atoms with Gasteiger partial charge in [-0.1, -0.05) is 18.2 Å². The number of aldehydes is 1. The molecule has 3 aromatic rings. The third kappa shape index (κ3) is 3.57. The Bertz CT molecular complexity index is 1080. The van der Waals surface area contributed by atoms with Gasteiger partial charge in [-0.25, -0.2) is 0 Å². The van der Waals surface area contributed by atoms with Crippen LogP contribution in [0.2, 0.25) is 0 Å². The minimum Gasteiger partial charge on any atom is -0.378 e. The van der Waals surface area contributed by atoms with Gasteiger partial charge in [0.25, 0.3) is 0 Å². The predicted molar refractivity (Wildman–Crippen MR) is 117 cm³/mol. The molecule has 0 amide bonds. The summed E-state index contributed by atoms with van der Waals surface area (Å²) >= 11 is 0. The Labute approximate surface area is 176 Å². The molecule has 6 heteroatoms. The molecule has 5 rings (SSSR count). The van der Waals surface area contributed by atoms with Crippen molar-refractivity contribution in [3.63, 3.8) is 0 Å². The average molecular weight is 402 g/mol. The molecule has 6 nitrogen and oxygen atoms in total. The van der Waals surface area contributed by atoms with Crippen molar-refractivity contribution in [3.8, 4) is 0 Å². The molecule has 0 bridgehead atoms. The van der Waals surface area contributed by atoms with E-state index in [9.17, 15) is 4.79 Å². The fraction of sp³-hybridized carbons (Fsp3) is 0.375. The molecule has 1 aromatic carbocycles. The van der Waals surface area contributed by atoms with E-state index in [0.717, 1.165) is 79.1 Å². The van der Waals surface area contributed by atoms with Crippen molar-refractivity contribution in [3.05, 3.63) is 65.1 Å². The first kappa shape index (κ1) is 19.2. The van der Waals surface area contributed by atoms with Crippen LogP contribution in [0.25, 0.3) is 10.9 Å². The van der Waals surface area contributed by atoms with E-state index in [-0.39, 0.29) is 6.04 Å². The summed E-state index contributed by atoms with van der Waals surface area (Å²) in [6.45, 7) is 6.70. The summed E-state index contributed by atoms with van der Waals surface area (Å²) in [5.41, 5.74) is 6.50. The molecule has 0 spiro atoms. The van der Waals surface area contributed by atoms with Crippen LogP contribution in [-0.2, 0) is 22.5 Å². The van der Waals surface area contributed by atoms with Gasteiger partial charge in [0, 0.05) is 61.1 Å². The van der Waals surface area contributed by atoms with Gasteiger partial charge in [-0.2, -0.15) is 0 Å². The Morgan fingerprint density at radius 2 is 2.00 bits per heavy atom. The fourth-order valence-corrected chi connectivity index (χ4v) is 4.55. The highest BCUT2D eigenvalue weighted by Crippen LogP contribution is 2.38. The first-order chi connectivity index (χ1) is 14.7. The zero-order valence-corrected chi connectivity index (χ0v) is 17.3. The third-order valence-electron chi connectivity index (χ3n) is 6.13. The molecule has 1 fully saturated rings. The lowest BCUT2D eigenvalue weighted by Gasteiger charge is -2.31. The topological polar surface area (TPSA) is 58.6 Å². The number of hydrogen-bond donors (Lipinski definition) is 0. The maximum atomic E-state index is 12.1. The summed E-state index contributed by atoms with van der Waals surface area (Å²) in [6, 6.07) is 12.3. The average Bonchev–Trinajstić information content (AvgIpc) is 3.15. The summed E-state index contributed by atoms with van der Waals surface area (Å²) in [5.74, 6) is 0. The Hall–Kier alpha value is -2.83. The molecule has 2 aromatic heterocycles. The van der Waals surface area contributed by atoms with Crippen LogP contribution in [0.5, 0.6) is 0 Å². The zero-order valence-electron chi connectivity index (χ0n) is 17.3. The number of ether oxygens (including phenoxy) is 1. The summed E-state index contributed by atoms with van der Waals surface area (Å²) in [6.07, 6.45) is 3.73. The number of carbonyl (C=O) groups excluding carboxylic acids is 1. The number of aryl methyl sites for hydroxylation is 1. The van der Waals surface area contributed by atoms with Crippen LogP contribution in [-0.4, -0.2) is 54.0 Å². The number of anilines is 1. The Morgan fingerprint density at radius 1 is 1.17 bits per heavy atom. The second-order valence-corrected chi connectivity index (χ2v) is 8.09. The van der Waals surface area contributed by atoms with Crippen LogP contribution in [0.4, 0.5) is 5.69 Å². The van der Waals surface area contributed by atoms with Crippen molar-refractivity contribution in [1.29, 1.82) is 0 Å². The highest BCUT2D eigenvalue weighted by Gasteiger charge is 2.34. The second-order valence-electron chi connectivity index (χ2n) is 8.09. The third-order valence-corrected chi connectivity index (χ3v) is 6.13. The molecular formula is C24H26N4O2. The van der Waals surface area contributed by atoms with Crippen molar-refractivity contribution in [2.45, 2.75) is 25.9 Å². The molecule has 0 saturated carbocycles. The first-order valence-corrected chi connectivity index (χ1v) is 10.6. The number of carbonyl (C=O) groups is 1. The molecule has 0 N–H and O–H groups in total. The molecule has 1 unspecified atom stereocenters. The van der Waals surface area contributed by atoms with Crippen molar-refractivity contribution in [2.24, 2.45) is 0 Å². The second kappa shape index (κ2) is 8.13. The fourth-order valence-electron chi connectivity index (χ4n) is 4.55. The molecule has 0 aliphatic carbocycles. The lowest BCUT2D eigenvalue weighted by molar-refractivity contribution is -0.112. The highest BCUT2D eigenvalue weighted by molar-refractivity contribution is 5.79. The lowest BCUT2D eigenvalue weighted by Crippen LogP contribution is -2.37. The molecular weight excluding hydrogens is 376 g/mol. The standard InChI is InChI=1S/C24H26N4O2/c1-17-2-3-18-4-5-19(26-20(18)14-17)7-9-28-15-21-24(23(28)16-29)22(6-8-25-21)27-10-12-30-13-11-27/h2-6,8,14,16,23H,7,9-13,15H2,1H3. The number of rotatable bonds is 5. The predicted octanol–water partition coefficient (Wildman–Crippen LogP) is 3.07. The van der Waals surface area contributed by atoms with Gasteiger partial charge < -0.3 is 14.4 Å². The minimum absolute atomic E-state index is 0.255. The van der Waals surface area contributed by atoms with Crippen LogP contribution in [0, 0.1) is 6.92 Å². The van der Waals surface area contributed by atoms with Crippen molar-refractivity contribution >= 4 is 22.9 Å². The van der Waals surface area contributed by atoms with E-state index < -0.39 is 0 Å². The van der Waals surface area contributed by atoms with E-state index in [1.165, 1.54) is 5.56 Å². The molecule has 0 radical (unpaired) electrons. The van der Waals surface area contributed by atoms with Gasteiger partial charge in [0.15, 0.2) is 0 Å². The quantitative estimate of drug-likeness (QED) is 0.612. The number of benzene rings is 1. The van der Waals surface area contributed by atoms with Gasteiger partial charge in [-0.05, 0) is 30.7 Å². The Kier molecular flexibility index (Phi) is 5.19. The normalized spacial score (nSPS) is 19.2. The first-order valence-electron chi connectivity index (χ1n) is 10.6. The molecule has 1 atom stereocenters. The SMILES string of the molecule is Cc1ccc2ccc(CCN3Cc4nccc(N5CCOCC5)c4C3C=O)nc2c1. The van der Waals surface area contributed by atoms with E-state index >= 15 is 0 Å². The van der Waals surface area contributed by atoms with Gasteiger partial charge in [0.2, 0.25) is 0 Å². The van der Waals surface area contributed by atoms with Crippen molar-refractivity contribution in [2.75, 3.05) is 37.7 Å². The number of fused-ring (bicyclic) bond motifs is 2. The van der Waals surface area contributed by atoms with Crippen LogP contribution in [0.15, 0.2) is 42.6 Å². The van der Waals surface area contributed by atoms with Crippen LogP contribution in [0.3, 0.4) is 0 Å². The summed E-state index contributed by atoms with van der Waals surface area (Å²) in [4.78, 5) is 26.1. The Balaban J connectivity index is 1.36. The smallest absolute Gasteiger partial charge is 0.141 e. The van der Waals surface area contributed by atoms with Gasteiger partial charge in [-0.3, -0.25) is 14.9 Å². The van der Waals surface area contributed by atoms with E-state index in [1.54, 1.807) is 0 Å². The number of morpholine rings is 1. The maximum absolute atomic E-state index is 12.1. The van der Waals surface area contributed by atoms with Crippen LogP contribution in [0.1, 0.15) is 28.6 Å². The summed E-state index contributed by atoms with van der Waals surface area (Å²) < 4.78 is 5.50. The molecule has 2 aliphatic rings. The van der Waals surface area contributed by atoms with Crippen molar-refractivity contribution < 1.29 is 9.53 Å². The van der Waals surface area contributed by atoms with Gasteiger partial charge in [-0.15, -0.1) is 0 Å². The van der Waals surface area contributed by atoms with Crippen molar-refractivity contribution in [1.82, 2.24) is 14.9 Å². The van der Waals surface area contributed by atoms with Gasteiger partial charge >= 0.3 is 0 Å². The van der Waals surface area contributed by atoms with E-state index in [4.69, 9.17) is 9.72 Å². The molecule has 1 saturated heterocycles. The number of pyridine rings is 2. The van der Waals surface area contributed by atoms with Gasteiger partial charge in [0.1, 0.15) is 6.29 Å². The van der Waals surface area contributed by atoms with Crippen LogP contribution >= 0.6 is 0 Å².